The molecule has 1 atom stereocenters. The number of hydrogen-bond donors (Lipinski definition) is 3. The molecular weight excluding hydrogens is 452 g/mol. The van der Waals surface area contributed by atoms with Crippen LogP contribution in [-0.4, -0.2) is 41.0 Å². The van der Waals surface area contributed by atoms with Gasteiger partial charge in [-0.2, -0.15) is 4.39 Å². The molecule has 0 saturated carbocycles. The van der Waals surface area contributed by atoms with Crippen molar-refractivity contribution in [1.82, 2.24) is 5.32 Å². The van der Waals surface area contributed by atoms with E-state index in [0.717, 1.165) is 25.3 Å². The van der Waals surface area contributed by atoms with Crippen molar-refractivity contribution in [2.75, 3.05) is 13.2 Å². The van der Waals surface area contributed by atoms with Crippen molar-refractivity contribution in [3.8, 4) is 5.75 Å². The predicted octanol–water partition coefficient (Wildman–Crippen LogP) is 4.32. The predicted molar refractivity (Wildman–Crippen MR) is 125 cm³/mol. The number of nitrogens with one attached hydrogen (secondary N) is 1. The molecule has 182 valence electrons. The van der Waals surface area contributed by atoms with E-state index in [1.54, 1.807) is 0 Å². The van der Waals surface area contributed by atoms with Crippen LogP contribution in [0.25, 0.3) is 0 Å². The molecule has 3 N–H and O–H groups in total. The van der Waals surface area contributed by atoms with Gasteiger partial charge in [-0.25, -0.2) is 4.39 Å². The Morgan fingerprint density at radius 2 is 1.85 bits per heavy atom. The molecule has 8 heteroatoms. The Balaban J connectivity index is 0.00000385. The molecule has 0 aromatic heterocycles. The number of aliphatic hydroxyl groups excluding tert-OH is 1. The van der Waals surface area contributed by atoms with Crippen LogP contribution in [-0.2, 0) is 24.1 Å². The first-order valence-corrected chi connectivity index (χ1v) is 11.0. The highest BCUT2D eigenvalue weighted by molar-refractivity contribution is 5.85. The van der Waals surface area contributed by atoms with E-state index in [-0.39, 0.29) is 49.7 Å². The van der Waals surface area contributed by atoms with Crippen molar-refractivity contribution < 1.29 is 28.5 Å². The van der Waals surface area contributed by atoms with E-state index in [4.69, 9.17) is 9.84 Å². The summed E-state index contributed by atoms with van der Waals surface area (Å²) in [6, 6.07) is 10.7. The number of rotatable bonds is 11. The lowest BCUT2D eigenvalue weighted by molar-refractivity contribution is -0.136. The molecular formula is C25H32ClF2NO4. The number of aliphatic carboxylic acids is 1. The van der Waals surface area contributed by atoms with Crippen molar-refractivity contribution in [2.45, 2.75) is 57.6 Å². The third-order valence-electron chi connectivity index (χ3n) is 5.86. The van der Waals surface area contributed by atoms with Gasteiger partial charge in [-0.15, -0.1) is 12.4 Å². The fourth-order valence-corrected chi connectivity index (χ4v) is 4.35. The summed E-state index contributed by atoms with van der Waals surface area (Å²) in [7, 11) is 0. The second-order valence-corrected chi connectivity index (χ2v) is 9.26. The van der Waals surface area contributed by atoms with Gasteiger partial charge in [0.25, 0.3) is 0 Å². The normalized spacial score (nSPS) is 14.5. The van der Waals surface area contributed by atoms with Crippen LogP contribution in [0.15, 0.2) is 36.4 Å². The van der Waals surface area contributed by atoms with Crippen molar-refractivity contribution in [2.24, 2.45) is 5.92 Å². The average Bonchev–Trinajstić information content (AvgIpc) is 3.13. The minimum Gasteiger partial charge on any atom is -0.488 e. The van der Waals surface area contributed by atoms with Crippen molar-refractivity contribution in [3.63, 3.8) is 0 Å². The lowest BCUT2D eigenvalue weighted by atomic mass is 9.88. The Labute approximate surface area is 199 Å². The van der Waals surface area contributed by atoms with E-state index in [1.807, 2.05) is 0 Å². The maximum absolute atomic E-state index is 14.0. The number of aryl methyl sites for hydroxylation is 1. The van der Waals surface area contributed by atoms with Crippen LogP contribution in [0.1, 0.15) is 43.4 Å². The van der Waals surface area contributed by atoms with Crippen LogP contribution in [0.5, 0.6) is 5.75 Å². The van der Waals surface area contributed by atoms with Crippen LogP contribution in [0, 0.1) is 17.6 Å². The quantitative estimate of drug-likeness (QED) is 0.443. The van der Waals surface area contributed by atoms with E-state index < -0.39 is 23.7 Å². The first kappa shape index (κ1) is 27.0. The molecule has 0 bridgehead atoms. The minimum absolute atomic E-state index is 0. The summed E-state index contributed by atoms with van der Waals surface area (Å²) in [6.07, 6.45) is 2.00. The average molecular weight is 484 g/mol. The standard InChI is InChI=1S/C25H31F2NO4.ClH/c1-25(2,13-17-9-18-5-3-4-6-19(18)10-17)28-14-20(29)15-32-22-12-16(7-8-23(30)31)11-21(26)24(22)27;/h3-6,11-12,17,20,28-29H,7-10,13-15H2,1-2H3,(H,30,31);1H/t20-;/m1./s1. The van der Waals surface area contributed by atoms with Crippen molar-refractivity contribution >= 4 is 18.4 Å². The molecule has 0 fully saturated rings. The number of carbonyl (C=O) groups is 1. The molecule has 0 radical (unpaired) electrons. The number of halogens is 3. The van der Waals surface area contributed by atoms with Crippen LogP contribution in [0.3, 0.4) is 0 Å². The summed E-state index contributed by atoms with van der Waals surface area (Å²) in [6.45, 7) is 4.21. The van der Waals surface area contributed by atoms with Crippen LogP contribution in [0.2, 0.25) is 0 Å². The first-order chi connectivity index (χ1) is 15.1. The number of aliphatic hydroxyl groups is 1. The highest BCUT2D eigenvalue weighted by Crippen LogP contribution is 2.32. The second kappa shape index (κ2) is 11.8. The van der Waals surface area contributed by atoms with Crippen LogP contribution >= 0.6 is 12.4 Å². The summed E-state index contributed by atoms with van der Waals surface area (Å²) in [5.74, 6) is -3.07. The van der Waals surface area contributed by atoms with E-state index in [2.05, 4.69) is 43.4 Å². The molecule has 2 aromatic carbocycles. The third-order valence-corrected chi connectivity index (χ3v) is 5.86. The molecule has 5 nitrogen and oxygen atoms in total. The Kier molecular flexibility index (Phi) is 9.64. The maximum atomic E-state index is 14.0. The lowest BCUT2D eigenvalue weighted by Crippen LogP contribution is -2.46. The second-order valence-electron chi connectivity index (χ2n) is 9.26. The number of hydrogen-bond acceptors (Lipinski definition) is 4. The number of β-amino-alcohol motifs (C(OH)–C–C–N with tert-alkyl or cyclic N) is 1. The fourth-order valence-electron chi connectivity index (χ4n) is 4.35. The number of benzene rings is 2. The Bertz CT molecular complexity index is 929. The molecule has 0 aliphatic heterocycles. The molecule has 0 saturated heterocycles. The largest absolute Gasteiger partial charge is 0.488 e. The zero-order chi connectivity index (χ0) is 23.3. The minimum atomic E-state index is -1.15. The van der Waals surface area contributed by atoms with E-state index in [9.17, 15) is 18.7 Å². The van der Waals surface area contributed by atoms with Gasteiger partial charge in [0.1, 0.15) is 12.7 Å². The monoisotopic (exact) mass is 483 g/mol. The van der Waals surface area contributed by atoms with Gasteiger partial charge in [-0.3, -0.25) is 4.79 Å². The van der Waals surface area contributed by atoms with Crippen LogP contribution < -0.4 is 10.1 Å². The molecule has 0 amide bonds. The Morgan fingerprint density at radius 3 is 2.45 bits per heavy atom. The molecule has 0 spiro atoms. The first-order valence-electron chi connectivity index (χ1n) is 11.0. The van der Waals surface area contributed by atoms with E-state index in [0.29, 0.717) is 11.5 Å². The highest BCUT2D eigenvalue weighted by Gasteiger charge is 2.28. The molecule has 2 aromatic rings. The van der Waals surface area contributed by atoms with Crippen LogP contribution in [0.4, 0.5) is 8.78 Å². The maximum Gasteiger partial charge on any atom is 0.303 e. The SMILES string of the molecule is CC(C)(CC1Cc2ccccc2C1)NC[C@@H](O)COc1cc(CCC(=O)O)cc(F)c1F.Cl. The third kappa shape index (κ3) is 7.95. The summed E-state index contributed by atoms with van der Waals surface area (Å²) >= 11 is 0. The Morgan fingerprint density at radius 1 is 1.21 bits per heavy atom. The molecule has 33 heavy (non-hydrogen) atoms. The van der Waals surface area contributed by atoms with Gasteiger partial charge >= 0.3 is 5.97 Å². The van der Waals surface area contributed by atoms with Crippen molar-refractivity contribution in [1.29, 1.82) is 0 Å². The van der Waals surface area contributed by atoms with E-state index in [1.165, 1.54) is 17.2 Å². The summed E-state index contributed by atoms with van der Waals surface area (Å²) < 4.78 is 33.2. The number of carboxylic acid groups (broad SMARTS) is 1. The van der Waals surface area contributed by atoms with Crippen molar-refractivity contribution in [3.05, 3.63) is 64.7 Å². The van der Waals surface area contributed by atoms with Gasteiger partial charge in [0, 0.05) is 18.5 Å². The lowest BCUT2D eigenvalue weighted by Gasteiger charge is -2.30. The molecule has 1 aliphatic rings. The topological polar surface area (TPSA) is 78.8 Å². The highest BCUT2D eigenvalue weighted by atomic mass is 35.5. The summed E-state index contributed by atoms with van der Waals surface area (Å²) in [5.41, 5.74) is 2.93. The van der Waals surface area contributed by atoms with Gasteiger partial charge in [-0.1, -0.05) is 24.3 Å². The van der Waals surface area contributed by atoms with E-state index >= 15 is 0 Å². The van der Waals surface area contributed by atoms with Gasteiger partial charge in [0.2, 0.25) is 5.82 Å². The fraction of sp³-hybridized carbons (Fsp3) is 0.480. The zero-order valence-corrected chi connectivity index (χ0v) is 19.8. The Hall–Kier alpha value is -2.22. The zero-order valence-electron chi connectivity index (χ0n) is 18.9. The number of fused-ring (bicyclic) bond motifs is 1. The molecule has 3 rings (SSSR count). The molecule has 0 heterocycles. The van der Waals surface area contributed by atoms with Gasteiger partial charge < -0.3 is 20.3 Å². The van der Waals surface area contributed by atoms with Gasteiger partial charge in [-0.05, 0) is 74.3 Å². The number of carboxylic acids is 1. The summed E-state index contributed by atoms with van der Waals surface area (Å²) in [4.78, 5) is 10.7. The number of ether oxygens (including phenoxy) is 1. The molecule has 1 aliphatic carbocycles. The summed E-state index contributed by atoms with van der Waals surface area (Å²) in [5, 5.41) is 22.4. The van der Waals surface area contributed by atoms with Gasteiger partial charge in [0.05, 0.1) is 0 Å². The smallest absolute Gasteiger partial charge is 0.303 e. The molecule has 0 unspecified atom stereocenters. The van der Waals surface area contributed by atoms with Gasteiger partial charge in [0.15, 0.2) is 11.6 Å².